The molecule has 4 aliphatic carbocycles. The second-order valence-electron chi connectivity index (χ2n) is 13.3. The van der Waals surface area contributed by atoms with Crippen LogP contribution in [0.1, 0.15) is 90.5 Å². The van der Waals surface area contributed by atoms with Crippen LogP contribution in [0.25, 0.3) is 0 Å². The minimum Gasteiger partial charge on any atom is -0.393 e. The zero-order chi connectivity index (χ0) is 26.4. The number of carbonyl (C=O) groups excluding carboxylic acids is 1. The highest BCUT2D eigenvalue weighted by molar-refractivity contribution is 5.82. The Labute approximate surface area is 221 Å². The molecule has 37 heavy (non-hydrogen) atoms. The predicted octanol–water partition coefficient (Wildman–Crippen LogP) is 5.68. The normalized spacial score (nSPS) is 42.1. The number of aliphatic hydroxyl groups excluding tert-OH is 2. The van der Waals surface area contributed by atoms with E-state index in [0.717, 1.165) is 37.7 Å². The van der Waals surface area contributed by atoms with Crippen molar-refractivity contribution in [2.24, 2.45) is 51.4 Å². The first kappa shape index (κ1) is 26.8. The van der Waals surface area contributed by atoms with E-state index < -0.39 is 0 Å². The van der Waals surface area contributed by atoms with Crippen molar-refractivity contribution in [3.63, 3.8) is 0 Å². The van der Waals surface area contributed by atoms with Crippen molar-refractivity contribution in [1.29, 1.82) is 0 Å². The summed E-state index contributed by atoms with van der Waals surface area (Å²) >= 11 is 0. The quantitative estimate of drug-likeness (QED) is 0.339. The van der Waals surface area contributed by atoms with Gasteiger partial charge in [-0.05, 0) is 122 Å². The second kappa shape index (κ2) is 10.4. The molecule has 4 saturated carbocycles. The molecule has 6 heteroatoms. The van der Waals surface area contributed by atoms with Crippen LogP contribution in [-0.4, -0.2) is 34.5 Å². The maximum absolute atomic E-state index is 13.0. The van der Waals surface area contributed by atoms with Gasteiger partial charge in [0.2, 0.25) is 5.91 Å². The number of fused-ring (bicyclic) bond motifs is 5. The molecular formula is C31H45FN2O3. The number of carbonyl (C=O) groups is 1. The molecule has 0 spiro atoms. The van der Waals surface area contributed by atoms with Crippen molar-refractivity contribution in [3.05, 3.63) is 35.6 Å². The lowest BCUT2D eigenvalue weighted by molar-refractivity contribution is -0.174. The molecule has 5 rings (SSSR count). The third-order valence-electron chi connectivity index (χ3n) is 11.5. The largest absolute Gasteiger partial charge is 0.393 e. The summed E-state index contributed by atoms with van der Waals surface area (Å²) in [7, 11) is 0. The van der Waals surface area contributed by atoms with Crippen LogP contribution < -0.4 is 5.43 Å². The first-order chi connectivity index (χ1) is 17.6. The van der Waals surface area contributed by atoms with Crippen LogP contribution in [0.4, 0.5) is 4.39 Å². The number of hydrogen-bond donors (Lipinski definition) is 3. The Morgan fingerprint density at radius 1 is 1.08 bits per heavy atom. The smallest absolute Gasteiger partial charge is 0.240 e. The molecular weight excluding hydrogens is 467 g/mol. The molecule has 0 aliphatic heterocycles. The first-order valence-corrected chi connectivity index (χ1v) is 14.6. The number of nitrogens with one attached hydrogen (secondary N) is 1. The molecule has 3 N–H and O–H groups in total. The average molecular weight is 513 g/mol. The minimum atomic E-state index is -0.295. The van der Waals surface area contributed by atoms with Crippen LogP contribution in [0.15, 0.2) is 29.4 Å². The number of benzene rings is 1. The average Bonchev–Trinajstić information content (AvgIpc) is 3.22. The Bertz CT molecular complexity index is 999. The van der Waals surface area contributed by atoms with Crippen molar-refractivity contribution in [3.8, 4) is 0 Å². The Hall–Kier alpha value is -1.79. The van der Waals surface area contributed by atoms with E-state index in [9.17, 15) is 19.4 Å². The molecule has 10 atom stereocenters. The highest BCUT2D eigenvalue weighted by Crippen LogP contribution is 2.68. The first-order valence-electron chi connectivity index (χ1n) is 14.6. The Balaban J connectivity index is 1.19. The van der Waals surface area contributed by atoms with E-state index in [4.69, 9.17) is 0 Å². The molecule has 4 aliphatic rings. The third kappa shape index (κ3) is 5.01. The fourth-order valence-electron chi connectivity index (χ4n) is 9.52. The van der Waals surface area contributed by atoms with E-state index in [1.54, 1.807) is 12.1 Å². The lowest BCUT2D eigenvalue weighted by Gasteiger charge is -2.62. The fraction of sp³-hybridized carbons (Fsp3) is 0.742. The fourth-order valence-corrected chi connectivity index (χ4v) is 9.52. The van der Waals surface area contributed by atoms with Crippen LogP contribution in [-0.2, 0) is 4.79 Å². The van der Waals surface area contributed by atoms with Crippen molar-refractivity contribution in [1.82, 2.24) is 5.43 Å². The lowest BCUT2D eigenvalue weighted by Crippen LogP contribution is -2.58. The van der Waals surface area contributed by atoms with Gasteiger partial charge >= 0.3 is 0 Å². The van der Waals surface area contributed by atoms with Crippen LogP contribution >= 0.6 is 0 Å². The number of nitrogens with zero attached hydrogens (tertiary/aromatic N) is 1. The topological polar surface area (TPSA) is 81.9 Å². The summed E-state index contributed by atoms with van der Waals surface area (Å²) in [5, 5.41) is 25.8. The zero-order valence-electron chi connectivity index (χ0n) is 22.7. The van der Waals surface area contributed by atoms with Gasteiger partial charge in [0, 0.05) is 6.42 Å². The molecule has 204 valence electrons. The van der Waals surface area contributed by atoms with Gasteiger partial charge in [-0.25, -0.2) is 9.82 Å². The molecule has 1 aromatic carbocycles. The molecule has 5 nitrogen and oxygen atoms in total. The van der Waals surface area contributed by atoms with Crippen LogP contribution in [0.5, 0.6) is 0 Å². The molecule has 1 amide bonds. The van der Waals surface area contributed by atoms with Gasteiger partial charge in [-0.2, -0.15) is 5.10 Å². The van der Waals surface area contributed by atoms with Crippen LogP contribution in [0.3, 0.4) is 0 Å². The molecule has 4 fully saturated rings. The van der Waals surface area contributed by atoms with Gasteiger partial charge in [-0.1, -0.05) is 32.9 Å². The van der Waals surface area contributed by atoms with E-state index >= 15 is 0 Å². The van der Waals surface area contributed by atoms with E-state index in [1.165, 1.54) is 44.0 Å². The zero-order valence-corrected chi connectivity index (χ0v) is 22.7. The summed E-state index contributed by atoms with van der Waals surface area (Å²) in [4.78, 5) is 12.5. The number of rotatable bonds is 6. The Morgan fingerprint density at radius 3 is 2.54 bits per heavy atom. The number of hydrogen-bond acceptors (Lipinski definition) is 4. The third-order valence-corrected chi connectivity index (χ3v) is 11.5. The molecule has 0 heterocycles. The van der Waals surface area contributed by atoms with Gasteiger partial charge in [0.25, 0.3) is 0 Å². The van der Waals surface area contributed by atoms with Crippen molar-refractivity contribution in [2.45, 2.75) is 97.2 Å². The SMILES string of the molecule is C[C@H](CCC(=O)N/N=C\c1ccc(F)cc1)[C@@H]1CC[C@@H]2[C@H]3[C@H](O)C[C@H]4C[C@@H](O)CC[C@]4(C)[C@@H]3CC[C@]21C. The van der Waals surface area contributed by atoms with E-state index in [1.807, 2.05) is 0 Å². The van der Waals surface area contributed by atoms with Gasteiger partial charge in [-0.3, -0.25) is 4.79 Å². The van der Waals surface area contributed by atoms with Gasteiger partial charge in [0.15, 0.2) is 0 Å². The molecule has 0 aromatic heterocycles. The van der Waals surface area contributed by atoms with E-state index in [2.05, 4.69) is 31.3 Å². The summed E-state index contributed by atoms with van der Waals surface area (Å²) in [6.07, 6.45) is 10.8. The summed E-state index contributed by atoms with van der Waals surface area (Å²) in [6, 6.07) is 6.00. The molecule has 0 bridgehead atoms. The van der Waals surface area contributed by atoms with E-state index in [0.29, 0.717) is 41.9 Å². The van der Waals surface area contributed by atoms with Gasteiger partial charge < -0.3 is 10.2 Å². The monoisotopic (exact) mass is 512 g/mol. The standard InChI is InChI=1S/C31H45FN2O3/c1-19(4-11-28(37)34-33-18-20-5-7-22(32)8-6-20)24-9-10-25-29-26(13-15-31(24,25)3)30(2)14-12-23(35)16-21(30)17-27(29)36/h5-8,18-19,21,23-27,29,35-36H,4,9-17H2,1-3H3,(H,34,37)/b33-18-/t19-,21-,23+,24+,25-,26-,27-,29-,30+,31+/m1/s1. The highest BCUT2D eigenvalue weighted by Gasteiger charge is 2.62. The molecule has 1 aromatic rings. The van der Waals surface area contributed by atoms with Gasteiger partial charge in [0.1, 0.15) is 5.82 Å². The number of hydrazone groups is 1. The van der Waals surface area contributed by atoms with Gasteiger partial charge in [-0.15, -0.1) is 0 Å². The summed E-state index contributed by atoms with van der Waals surface area (Å²) in [6.45, 7) is 7.24. The van der Waals surface area contributed by atoms with Crippen molar-refractivity contribution in [2.75, 3.05) is 0 Å². The summed E-state index contributed by atoms with van der Waals surface area (Å²) in [5.41, 5.74) is 3.83. The van der Waals surface area contributed by atoms with Crippen molar-refractivity contribution >= 4 is 12.1 Å². The molecule has 0 saturated heterocycles. The van der Waals surface area contributed by atoms with Gasteiger partial charge in [0.05, 0.1) is 18.4 Å². The number of aliphatic hydroxyl groups is 2. The van der Waals surface area contributed by atoms with Crippen LogP contribution in [0.2, 0.25) is 0 Å². The highest BCUT2D eigenvalue weighted by atomic mass is 19.1. The maximum atomic E-state index is 13.0. The Kier molecular flexibility index (Phi) is 7.54. The minimum absolute atomic E-state index is 0.0882. The van der Waals surface area contributed by atoms with E-state index in [-0.39, 0.29) is 34.8 Å². The Morgan fingerprint density at radius 2 is 1.78 bits per heavy atom. The maximum Gasteiger partial charge on any atom is 0.240 e. The molecule has 0 radical (unpaired) electrons. The van der Waals surface area contributed by atoms with Crippen LogP contribution in [0, 0.1) is 52.2 Å². The molecule has 0 unspecified atom stereocenters. The summed E-state index contributed by atoms with van der Waals surface area (Å²) in [5.74, 6) is 2.55. The summed E-state index contributed by atoms with van der Waals surface area (Å²) < 4.78 is 13.0. The lowest BCUT2D eigenvalue weighted by atomic mass is 9.43. The number of halogens is 1. The second-order valence-corrected chi connectivity index (χ2v) is 13.3. The predicted molar refractivity (Wildman–Crippen MR) is 143 cm³/mol. The number of amides is 1. The van der Waals surface area contributed by atoms with Crippen molar-refractivity contribution < 1.29 is 19.4 Å².